The number of hydrogen-bond donors (Lipinski definition) is 1. The van der Waals surface area contributed by atoms with Crippen molar-refractivity contribution in [3.63, 3.8) is 0 Å². The minimum absolute atomic E-state index is 0.00866. The predicted molar refractivity (Wildman–Crippen MR) is 97.4 cm³/mol. The Bertz CT molecular complexity index is 673. The van der Waals surface area contributed by atoms with Gasteiger partial charge in [0, 0.05) is 24.5 Å². The Labute approximate surface area is 155 Å². The number of carbonyl (C=O) groups excluding carboxylic acids is 3. The van der Waals surface area contributed by atoms with Crippen molar-refractivity contribution in [2.75, 3.05) is 51.4 Å². The Morgan fingerprint density at radius 2 is 2.15 bits per heavy atom. The zero-order valence-corrected chi connectivity index (χ0v) is 15.6. The normalized spacial score (nSPS) is 17.1. The molecule has 0 radical (unpaired) electrons. The van der Waals surface area contributed by atoms with Gasteiger partial charge in [0.25, 0.3) is 0 Å². The molecule has 1 heterocycles. The van der Waals surface area contributed by atoms with Crippen molar-refractivity contribution >= 4 is 35.2 Å². The monoisotopic (exact) mass is 383 g/mol. The first-order valence-corrected chi connectivity index (χ1v) is 9.15. The first-order chi connectivity index (χ1) is 12.4. The highest BCUT2D eigenvalue weighted by molar-refractivity contribution is 8.00. The third-order valence-corrected chi connectivity index (χ3v) is 4.97. The first kappa shape index (κ1) is 20.2. The molecule has 9 heteroatoms. The van der Waals surface area contributed by atoms with Gasteiger partial charge in [-0.05, 0) is 25.2 Å². The van der Waals surface area contributed by atoms with E-state index in [1.54, 1.807) is 22.9 Å². The van der Waals surface area contributed by atoms with Crippen molar-refractivity contribution in [1.29, 1.82) is 0 Å². The van der Waals surface area contributed by atoms with Crippen LogP contribution < -0.4 is 5.32 Å². The number of nitrogens with one attached hydrogen (secondary N) is 1. The number of amides is 2. The van der Waals surface area contributed by atoms with Crippen molar-refractivity contribution in [2.24, 2.45) is 0 Å². The number of methoxy groups -OCH3 is 1. The van der Waals surface area contributed by atoms with Gasteiger partial charge in [-0.2, -0.15) is 0 Å². The molecule has 2 rings (SSSR count). The largest absolute Gasteiger partial charge is 0.468 e. The molecule has 1 N–H and O–H groups in total. The molecule has 0 spiro atoms. The number of nitrogens with zero attached hydrogens (tertiary/aromatic N) is 2. The SMILES string of the molecule is COC(=O)[C@@H]1CN(C(=O)CN(C)CC(=O)Nc2cccc(F)c2)CCS1. The molecule has 1 fully saturated rings. The topological polar surface area (TPSA) is 79.0 Å². The maximum Gasteiger partial charge on any atom is 0.320 e. The van der Waals surface area contributed by atoms with Crippen molar-refractivity contribution in [1.82, 2.24) is 9.80 Å². The third kappa shape index (κ3) is 5.99. The summed E-state index contributed by atoms with van der Waals surface area (Å²) in [6.45, 7) is 0.903. The second-order valence-electron chi connectivity index (χ2n) is 5.95. The second kappa shape index (κ2) is 9.54. The maximum absolute atomic E-state index is 13.1. The van der Waals surface area contributed by atoms with E-state index in [2.05, 4.69) is 5.32 Å². The highest BCUT2D eigenvalue weighted by Crippen LogP contribution is 2.20. The minimum Gasteiger partial charge on any atom is -0.468 e. The standard InChI is InChI=1S/C17H22FN3O4S/c1-20(10-15(22)19-13-5-3-4-12(18)8-13)11-16(23)21-6-7-26-14(9-21)17(24)25-2/h3-5,8,14H,6-7,9-11H2,1-2H3,(H,19,22)/t14-/m0/s1. The number of halogens is 1. The summed E-state index contributed by atoms with van der Waals surface area (Å²) in [5.41, 5.74) is 0.365. The summed E-state index contributed by atoms with van der Waals surface area (Å²) in [7, 11) is 2.98. The van der Waals surface area contributed by atoms with E-state index in [0.717, 1.165) is 0 Å². The van der Waals surface area contributed by atoms with Crippen LogP contribution in [0.25, 0.3) is 0 Å². The number of benzene rings is 1. The van der Waals surface area contributed by atoms with E-state index >= 15 is 0 Å². The Morgan fingerprint density at radius 3 is 2.85 bits per heavy atom. The quantitative estimate of drug-likeness (QED) is 0.733. The van der Waals surface area contributed by atoms with Crippen LogP contribution in [0.1, 0.15) is 0 Å². The van der Waals surface area contributed by atoms with Gasteiger partial charge in [0.15, 0.2) is 0 Å². The zero-order chi connectivity index (χ0) is 19.1. The average molecular weight is 383 g/mol. The number of thioether (sulfide) groups is 1. The minimum atomic E-state index is -0.436. The van der Waals surface area contributed by atoms with Gasteiger partial charge in [-0.1, -0.05) is 6.07 Å². The van der Waals surface area contributed by atoms with Crippen molar-refractivity contribution in [3.05, 3.63) is 30.1 Å². The van der Waals surface area contributed by atoms with Crippen LogP contribution >= 0.6 is 11.8 Å². The summed E-state index contributed by atoms with van der Waals surface area (Å²) in [6, 6.07) is 5.61. The zero-order valence-electron chi connectivity index (χ0n) is 14.7. The number of rotatable bonds is 6. The molecule has 1 aromatic carbocycles. The molecule has 0 unspecified atom stereocenters. The molecule has 2 amide bonds. The lowest BCUT2D eigenvalue weighted by Crippen LogP contribution is -2.48. The summed E-state index contributed by atoms with van der Waals surface area (Å²) in [4.78, 5) is 39.2. The van der Waals surface area contributed by atoms with Gasteiger partial charge < -0.3 is 15.0 Å². The summed E-state index contributed by atoms with van der Waals surface area (Å²) >= 11 is 1.47. The smallest absolute Gasteiger partial charge is 0.320 e. The van der Waals surface area contributed by atoms with E-state index in [-0.39, 0.29) is 36.1 Å². The van der Waals surface area contributed by atoms with Crippen LogP contribution in [0, 0.1) is 5.82 Å². The van der Waals surface area contributed by atoms with Crippen LogP contribution in [0.15, 0.2) is 24.3 Å². The molecular formula is C17H22FN3O4S. The lowest BCUT2D eigenvalue weighted by Gasteiger charge is -2.32. The number of anilines is 1. The lowest BCUT2D eigenvalue weighted by atomic mass is 10.3. The Kier molecular flexibility index (Phi) is 7.40. The first-order valence-electron chi connectivity index (χ1n) is 8.10. The van der Waals surface area contributed by atoms with E-state index in [9.17, 15) is 18.8 Å². The molecule has 1 aliphatic rings. The number of esters is 1. The Hall–Kier alpha value is -2.13. The van der Waals surface area contributed by atoms with Gasteiger partial charge >= 0.3 is 5.97 Å². The van der Waals surface area contributed by atoms with E-state index in [0.29, 0.717) is 24.5 Å². The molecule has 1 aromatic rings. The summed E-state index contributed by atoms with van der Waals surface area (Å²) < 4.78 is 17.9. The van der Waals surface area contributed by atoms with Crippen molar-refractivity contribution in [3.8, 4) is 0 Å². The van der Waals surface area contributed by atoms with Gasteiger partial charge in [0.1, 0.15) is 11.1 Å². The fourth-order valence-electron chi connectivity index (χ4n) is 2.55. The van der Waals surface area contributed by atoms with Crippen LogP contribution in [0.5, 0.6) is 0 Å². The van der Waals surface area contributed by atoms with Gasteiger partial charge in [0.2, 0.25) is 11.8 Å². The molecular weight excluding hydrogens is 361 g/mol. The predicted octanol–water partition coefficient (Wildman–Crippen LogP) is 0.813. The van der Waals surface area contributed by atoms with Gasteiger partial charge in [-0.15, -0.1) is 11.8 Å². The molecule has 26 heavy (non-hydrogen) atoms. The average Bonchev–Trinajstić information content (AvgIpc) is 2.60. The molecule has 0 bridgehead atoms. The van der Waals surface area contributed by atoms with Crippen molar-refractivity contribution < 1.29 is 23.5 Å². The molecule has 7 nitrogen and oxygen atoms in total. The number of carbonyl (C=O) groups is 3. The Balaban J connectivity index is 1.81. The molecule has 142 valence electrons. The number of hydrogen-bond acceptors (Lipinski definition) is 6. The molecule has 0 aromatic heterocycles. The Morgan fingerprint density at radius 1 is 1.38 bits per heavy atom. The molecule has 0 aliphatic carbocycles. The summed E-state index contributed by atoms with van der Waals surface area (Å²) in [5, 5.41) is 2.21. The van der Waals surface area contributed by atoms with Gasteiger partial charge in [0.05, 0.1) is 20.2 Å². The summed E-state index contributed by atoms with van der Waals surface area (Å²) in [6.07, 6.45) is 0. The van der Waals surface area contributed by atoms with Crippen LogP contribution in [0.4, 0.5) is 10.1 Å². The second-order valence-corrected chi connectivity index (χ2v) is 7.26. The fraction of sp³-hybridized carbons (Fsp3) is 0.471. The maximum atomic E-state index is 13.1. The highest BCUT2D eigenvalue weighted by atomic mass is 32.2. The van der Waals surface area contributed by atoms with E-state index in [1.807, 2.05) is 0 Å². The van der Waals surface area contributed by atoms with Crippen LogP contribution in [0.3, 0.4) is 0 Å². The van der Waals surface area contributed by atoms with E-state index in [1.165, 1.54) is 37.1 Å². The third-order valence-electron chi connectivity index (χ3n) is 3.81. The van der Waals surface area contributed by atoms with E-state index in [4.69, 9.17) is 4.74 Å². The lowest BCUT2D eigenvalue weighted by molar-refractivity contribution is -0.141. The van der Waals surface area contributed by atoms with Gasteiger partial charge in [-0.25, -0.2) is 4.39 Å². The van der Waals surface area contributed by atoms with E-state index < -0.39 is 5.82 Å². The molecule has 1 saturated heterocycles. The molecule has 0 saturated carbocycles. The number of likely N-dealkylation sites (N-methyl/N-ethyl adjacent to an activating group) is 1. The molecule has 1 atom stereocenters. The molecule has 1 aliphatic heterocycles. The highest BCUT2D eigenvalue weighted by Gasteiger charge is 2.30. The fourth-order valence-corrected chi connectivity index (χ4v) is 3.68. The summed E-state index contributed by atoms with van der Waals surface area (Å²) in [5.74, 6) is -0.604. The van der Waals surface area contributed by atoms with Gasteiger partial charge in [-0.3, -0.25) is 19.3 Å². The number of ether oxygens (including phenoxy) is 1. The van der Waals surface area contributed by atoms with Crippen molar-refractivity contribution in [2.45, 2.75) is 5.25 Å². The van der Waals surface area contributed by atoms with Crippen LogP contribution in [-0.4, -0.2) is 78.9 Å². The van der Waals surface area contributed by atoms with Crippen LogP contribution in [-0.2, 0) is 19.1 Å². The van der Waals surface area contributed by atoms with Crippen LogP contribution in [0.2, 0.25) is 0 Å².